The van der Waals surface area contributed by atoms with Crippen molar-refractivity contribution in [2.75, 3.05) is 25.1 Å². The summed E-state index contributed by atoms with van der Waals surface area (Å²) < 4.78 is 5.63. The summed E-state index contributed by atoms with van der Waals surface area (Å²) in [5.74, 6) is 0.833. The van der Waals surface area contributed by atoms with E-state index in [1.165, 1.54) is 12.8 Å². The molecule has 1 fully saturated rings. The van der Waals surface area contributed by atoms with E-state index in [-0.39, 0.29) is 0 Å². The second kappa shape index (κ2) is 6.14. The molecule has 0 radical (unpaired) electrons. The Morgan fingerprint density at radius 3 is 2.67 bits per heavy atom. The summed E-state index contributed by atoms with van der Waals surface area (Å²) in [4.78, 5) is 11.1. The number of aromatic nitrogens is 2. The van der Waals surface area contributed by atoms with Crippen LogP contribution >= 0.6 is 0 Å². The van der Waals surface area contributed by atoms with Gasteiger partial charge in [0.1, 0.15) is 0 Å². The number of ether oxygens (including phenoxy) is 1. The molecule has 1 aliphatic rings. The highest BCUT2D eigenvalue weighted by atomic mass is 16.5. The lowest BCUT2D eigenvalue weighted by atomic mass is 10.1. The fourth-order valence-electron chi connectivity index (χ4n) is 2.41. The fraction of sp³-hybridized carbons (Fsp3) is 0.714. The van der Waals surface area contributed by atoms with Crippen molar-refractivity contribution in [2.24, 2.45) is 0 Å². The largest absolute Gasteiger partial charge is 0.378 e. The van der Waals surface area contributed by atoms with Crippen LogP contribution in [0, 0.1) is 13.8 Å². The lowest BCUT2D eigenvalue weighted by Crippen LogP contribution is -2.22. The minimum absolute atomic E-state index is 0.485. The first-order valence-corrected chi connectivity index (χ1v) is 6.80. The van der Waals surface area contributed by atoms with Gasteiger partial charge >= 0.3 is 0 Å². The Balaban J connectivity index is 1.81. The maximum atomic E-state index is 5.63. The first-order valence-electron chi connectivity index (χ1n) is 6.80. The van der Waals surface area contributed by atoms with Crippen molar-refractivity contribution in [3.05, 3.63) is 17.5 Å². The Hall–Kier alpha value is -1.16. The molecule has 1 aromatic rings. The molecule has 1 atom stereocenters. The first-order chi connectivity index (χ1) is 8.65. The Morgan fingerprint density at radius 1 is 1.33 bits per heavy atom. The number of rotatable bonds is 5. The summed E-state index contributed by atoms with van der Waals surface area (Å²) in [6.07, 6.45) is 5.22. The maximum absolute atomic E-state index is 5.63. The smallest absolute Gasteiger partial charge is 0.225 e. The molecule has 0 amide bonds. The van der Waals surface area contributed by atoms with Crippen LogP contribution in [-0.2, 0) is 4.74 Å². The molecule has 0 aromatic carbocycles. The molecule has 0 unspecified atom stereocenters. The lowest BCUT2D eigenvalue weighted by molar-refractivity contribution is 0.103. The monoisotopic (exact) mass is 249 g/mol. The molecule has 2 rings (SSSR count). The van der Waals surface area contributed by atoms with E-state index >= 15 is 0 Å². The molecular formula is C14H23N3O. The average molecular weight is 249 g/mol. The van der Waals surface area contributed by atoms with Gasteiger partial charge in [0.25, 0.3) is 0 Å². The number of anilines is 1. The average Bonchev–Trinajstić information content (AvgIpc) is 2.80. The molecule has 0 bridgehead atoms. The Kier molecular flexibility index (Phi) is 4.53. The van der Waals surface area contributed by atoms with E-state index in [1.54, 1.807) is 0 Å². The Labute approximate surface area is 109 Å². The third-order valence-electron chi connectivity index (χ3n) is 3.36. The number of hydrogen-bond acceptors (Lipinski definition) is 4. The standard InChI is InChI=1S/C14H23N3O/c1-11-10-12(2)16-14(15-11)17(3)8-4-6-13-7-5-9-18-13/h10,13H,4-9H2,1-3H3/t13-/m0/s1. The van der Waals surface area contributed by atoms with Crippen LogP contribution in [-0.4, -0.2) is 36.3 Å². The third-order valence-corrected chi connectivity index (χ3v) is 3.36. The van der Waals surface area contributed by atoms with Gasteiger partial charge in [-0.25, -0.2) is 9.97 Å². The van der Waals surface area contributed by atoms with Gasteiger partial charge < -0.3 is 9.64 Å². The normalized spacial score (nSPS) is 19.2. The zero-order chi connectivity index (χ0) is 13.0. The molecule has 4 nitrogen and oxygen atoms in total. The van der Waals surface area contributed by atoms with E-state index in [9.17, 15) is 0 Å². The molecule has 0 saturated carbocycles. The summed E-state index contributed by atoms with van der Waals surface area (Å²) >= 11 is 0. The van der Waals surface area contributed by atoms with E-state index in [4.69, 9.17) is 4.74 Å². The number of hydrogen-bond donors (Lipinski definition) is 0. The summed E-state index contributed by atoms with van der Waals surface area (Å²) in [6.45, 7) is 5.96. The highest BCUT2D eigenvalue weighted by molar-refractivity contribution is 5.30. The van der Waals surface area contributed by atoms with Gasteiger partial charge in [-0.15, -0.1) is 0 Å². The molecule has 0 N–H and O–H groups in total. The molecule has 1 aliphatic heterocycles. The minimum Gasteiger partial charge on any atom is -0.378 e. The van der Waals surface area contributed by atoms with Crippen LogP contribution in [0.1, 0.15) is 37.1 Å². The molecule has 4 heteroatoms. The highest BCUT2D eigenvalue weighted by Crippen LogP contribution is 2.17. The minimum atomic E-state index is 0.485. The van der Waals surface area contributed by atoms with Crippen molar-refractivity contribution < 1.29 is 4.74 Å². The fourth-order valence-corrected chi connectivity index (χ4v) is 2.41. The molecule has 18 heavy (non-hydrogen) atoms. The van der Waals surface area contributed by atoms with E-state index in [0.717, 1.165) is 43.3 Å². The van der Waals surface area contributed by atoms with Gasteiger partial charge in [0, 0.05) is 31.6 Å². The molecule has 2 heterocycles. The van der Waals surface area contributed by atoms with Gasteiger partial charge in [-0.3, -0.25) is 0 Å². The van der Waals surface area contributed by atoms with E-state index in [0.29, 0.717) is 6.10 Å². The summed E-state index contributed by atoms with van der Waals surface area (Å²) in [6, 6.07) is 2.00. The van der Waals surface area contributed by atoms with E-state index in [1.807, 2.05) is 19.9 Å². The van der Waals surface area contributed by atoms with Gasteiger partial charge in [-0.1, -0.05) is 0 Å². The van der Waals surface area contributed by atoms with Gasteiger partial charge in [0.2, 0.25) is 5.95 Å². The lowest BCUT2D eigenvalue weighted by Gasteiger charge is -2.18. The predicted molar refractivity (Wildman–Crippen MR) is 73.0 cm³/mol. The second-order valence-corrected chi connectivity index (χ2v) is 5.15. The van der Waals surface area contributed by atoms with Crippen molar-refractivity contribution in [3.8, 4) is 0 Å². The summed E-state index contributed by atoms with van der Waals surface area (Å²) in [5.41, 5.74) is 2.06. The molecular weight excluding hydrogens is 226 g/mol. The van der Waals surface area contributed by atoms with Crippen molar-refractivity contribution in [3.63, 3.8) is 0 Å². The summed E-state index contributed by atoms with van der Waals surface area (Å²) in [7, 11) is 2.06. The molecule has 100 valence electrons. The Bertz CT molecular complexity index is 368. The van der Waals surface area contributed by atoms with Crippen LogP contribution in [0.5, 0.6) is 0 Å². The van der Waals surface area contributed by atoms with Gasteiger partial charge in [0.05, 0.1) is 6.10 Å². The van der Waals surface area contributed by atoms with Gasteiger partial charge in [-0.2, -0.15) is 0 Å². The maximum Gasteiger partial charge on any atom is 0.225 e. The Morgan fingerprint density at radius 2 is 2.06 bits per heavy atom. The van der Waals surface area contributed by atoms with E-state index in [2.05, 4.69) is 21.9 Å². The van der Waals surface area contributed by atoms with E-state index < -0.39 is 0 Å². The molecule has 1 aromatic heterocycles. The third kappa shape index (κ3) is 3.67. The summed E-state index contributed by atoms with van der Waals surface area (Å²) in [5, 5.41) is 0. The first kappa shape index (κ1) is 13.3. The van der Waals surface area contributed by atoms with Crippen LogP contribution in [0.3, 0.4) is 0 Å². The SMILES string of the molecule is Cc1cc(C)nc(N(C)CCC[C@H]2CCCO2)n1. The zero-order valence-corrected chi connectivity index (χ0v) is 11.6. The zero-order valence-electron chi connectivity index (χ0n) is 11.6. The van der Waals surface area contributed by atoms with Crippen LogP contribution < -0.4 is 4.90 Å². The second-order valence-electron chi connectivity index (χ2n) is 5.15. The predicted octanol–water partition coefficient (Wildman–Crippen LogP) is 2.49. The van der Waals surface area contributed by atoms with Crippen LogP contribution in [0.25, 0.3) is 0 Å². The van der Waals surface area contributed by atoms with Crippen molar-refractivity contribution in [1.82, 2.24) is 9.97 Å². The van der Waals surface area contributed by atoms with Crippen molar-refractivity contribution >= 4 is 5.95 Å². The quantitative estimate of drug-likeness (QED) is 0.803. The van der Waals surface area contributed by atoms with Gasteiger partial charge in [-0.05, 0) is 45.6 Å². The molecule has 0 aliphatic carbocycles. The van der Waals surface area contributed by atoms with Crippen LogP contribution in [0.15, 0.2) is 6.07 Å². The van der Waals surface area contributed by atoms with Crippen molar-refractivity contribution in [1.29, 1.82) is 0 Å². The number of aryl methyl sites for hydroxylation is 2. The molecule has 1 saturated heterocycles. The topological polar surface area (TPSA) is 38.2 Å². The van der Waals surface area contributed by atoms with Crippen LogP contribution in [0.2, 0.25) is 0 Å². The highest BCUT2D eigenvalue weighted by Gasteiger charge is 2.15. The van der Waals surface area contributed by atoms with Gasteiger partial charge in [0.15, 0.2) is 0 Å². The number of nitrogens with zero attached hydrogens (tertiary/aromatic N) is 3. The van der Waals surface area contributed by atoms with Crippen LogP contribution in [0.4, 0.5) is 5.95 Å². The van der Waals surface area contributed by atoms with Crippen molar-refractivity contribution in [2.45, 2.75) is 45.6 Å². The molecule has 0 spiro atoms.